The highest BCUT2D eigenvalue weighted by atomic mass is 19.1. The quantitative estimate of drug-likeness (QED) is 0.0872. The van der Waals surface area contributed by atoms with Gasteiger partial charge < -0.3 is 9.47 Å². The summed E-state index contributed by atoms with van der Waals surface area (Å²) >= 11 is 0. The van der Waals surface area contributed by atoms with Crippen LogP contribution in [0.5, 0.6) is 11.5 Å². The molecule has 0 radical (unpaired) electrons. The highest BCUT2D eigenvalue weighted by Crippen LogP contribution is 2.27. The van der Waals surface area contributed by atoms with Gasteiger partial charge in [0.15, 0.2) is 5.82 Å². The number of hydrogen-bond acceptors (Lipinski definition) is 5. The van der Waals surface area contributed by atoms with Gasteiger partial charge in [-0.3, -0.25) is 0 Å². The summed E-state index contributed by atoms with van der Waals surface area (Å²) in [6, 6.07) is 14.3. The molecule has 7 heteroatoms. The summed E-state index contributed by atoms with van der Waals surface area (Å²) in [5.74, 6) is 0.695. The first-order valence-corrected chi connectivity index (χ1v) is 15.0. The van der Waals surface area contributed by atoms with Crippen LogP contribution < -0.4 is 9.47 Å². The number of halogens is 2. The number of nitrogens with zero attached hydrogens (tertiary/aromatic N) is 2. The lowest BCUT2D eigenvalue weighted by atomic mass is 9.99. The number of rotatable bonds is 18. The molecule has 3 aromatic rings. The second-order valence-corrected chi connectivity index (χ2v) is 10.8. The van der Waals surface area contributed by atoms with E-state index in [2.05, 4.69) is 23.8 Å². The van der Waals surface area contributed by atoms with Gasteiger partial charge in [0.25, 0.3) is 0 Å². The van der Waals surface area contributed by atoms with Crippen molar-refractivity contribution >= 4 is 5.97 Å². The Bertz CT molecular complexity index is 1170. The first-order chi connectivity index (χ1) is 19.8. The van der Waals surface area contributed by atoms with E-state index >= 15 is 0 Å². The molecular formula is C34H44F2N2O3. The van der Waals surface area contributed by atoms with Gasteiger partial charge in [0.1, 0.15) is 17.7 Å². The number of benzene rings is 2. The largest absolute Gasteiger partial charge is 0.493 e. The number of carbonyl (C=O) groups excluding carboxylic acids is 1. The second-order valence-electron chi connectivity index (χ2n) is 10.8. The van der Waals surface area contributed by atoms with E-state index in [0.29, 0.717) is 43.2 Å². The lowest BCUT2D eigenvalue weighted by Gasteiger charge is -2.18. The Balaban J connectivity index is 1.49. The van der Waals surface area contributed by atoms with Crippen LogP contribution in [-0.4, -0.2) is 34.4 Å². The molecule has 1 aromatic heterocycles. The number of hydrogen-bond donors (Lipinski definition) is 0. The molecule has 222 valence electrons. The molecule has 0 saturated carbocycles. The first-order valence-electron chi connectivity index (χ1n) is 15.0. The van der Waals surface area contributed by atoms with Crippen LogP contribution >= 0.6 is 0 Å². The Morgan fingerprint density at radius 2 is 1.37 bits per heavy atom. The number of esters is 1. The van der Waals surface area contributed by atoms with Gasteiger partial charge in [0.2, 0.25) is 5.67 Å². The molecule has 0 aliphatic heterocycles. The van der Waals surface area contributed by atoms with E-state index in [1.807, 2.05) is 24.3 Å². The van der Waals surface area contributed by atoms with E-state index in [-0.39, 0.29) is 6.42 Å². The fourth-order valence-electron chi connectivity index (χ4n) is 4.47. The van der Waals surface area contributed by atoms with Crippen molar-refractivity contribution in [3.63, 3.8) is 0 Å². The highest BCUT2D eigenvalue weighted by Gasteiger charge is 2.34. The van der Waals surface area contributed by atoms with Gasteiger partial charge in [0, 0.05) is 29.9 Å². The molecule has 0 aliphatic rings. The lowest BCUT2D eigenvalue weighted by Crippen LogP contribution is -2.34. The predicted molar refractivity (Wildman–Crippen MR) is 161 cm³/mol. The molecule has 0 aliphatic carbocycles. The van der Waals surface area contributed by atoms with E-state index < -0.39 is 17.8 Å². The smallest absolute Gasteiger partial charge is 0.348 e. The lowest BCUT2D eigenvalue weighted by molar-refractivity contribution is -0.147. The Labute approximate surface area is 243 Å². The normalized spacial score (nSPS) is 13.4. The van der Waals surface area contributed by atoms with Gasteiger partial charge in [0.05, 0.1) is 6.61 Å². The Morgan fingerprint density at radius 1 is 0.780 bits per heavy atom. The van der Waals surface area contributed by atoms with Gasteiger partial charge in [-0.1, -0.05) is 70.9 Å². The summed E-state index contributed by atoms with van der Waals surface area (Å²) < 4.78 is 39.7. The Hall–Kier alpha value is -3.35. The van der Waals surface area contributed by atoms with Crippen LogP contribution in [0.2, 0.25) is 0 Å². The zero-order valence-electron chi connectivity index (χ0n) is 24.7. The van der Waals surface area contributed by atoms with Crippen LogP contribution in [-0.2, 0) is 4.79 Å². The molecule has 41 heavy (non-hydrogen) atoms. The number of carbonyl (C=O) groups is 1. The summed E-state index contributed by atoms with van der Waals surface area (Å²) in [5.41, 5.74) is 0.477. The molecule has 0 N–H and O–H groups in total. The summed E-state index contributed by atoms with van der Waals surface area (Å²) in [5, 5.41) is 0. The van der Waals surface area contributed by atoms with Crippen molar-refractivity contribution < 1.29 is 23.0 Å². The van der Waals surface area contributed by atoms with Crippen molar-refractivity contribution in [2.75, 3.05) is 6.61 Å². The van der Waals surface area contributed by atoms with Crippen LogP contribution in [0.1, 0.15) is 91.4 Å². The van der Waals surface area contributed by atoms with Gasteiger partial charge in [-0.05, 0) is 68.1 Å². The minimum absolute atomic E-state index is 0.161. The molecule has 3 rings (SSSR count). The molecule has 0 fully saturated rings. The average molecular weight is 567 g/mol. The maximum atomic E-state index is 14.9. The van der Waals surface area contributed by atoms with E-state index in [1.54, 1.807) is 36.7 Å². The average Bonchev–Trinajstić information content (AvgIpc) is 2.98. The summed E-state index contributed by atoms with van der Waals surface area (Å²) in [4.78, 5) is 21.4. The molecular weight excluding hydrogens is 522 g/mol. The molecule has 1 heterocycles. The SMILES string of the molecule is CCCCCCCC[C@](C)(F)C(=O)Oc1ccc(-c2cnc(-c3ccc(OCC[C@@H](F)CCCC)cc3)nc2)cc1. The van der Waals surface area contributed by atoms with Crippen molar-refractivity contribution in [3.8, 4) is 34.0 Å². The van der Waals surface area contributed by atoms with Gasteiger partial charge in [-0.25, -0.2) is 23.5 Å². The minimum Gasteiger partial charge on any atom is -0.493 e. The zero-order chi connectivity index (χ0) is 29.5. The predicted octanol–water partition coefficient (Wildman–Crippen LogP) is 9.49. The number of ether oxygens (including phenoxy) is 2. The van der Waals surface area contributed by atoms with Crippen molar-refractivity contribution in [2.45, 2.75) is 103 Å². The molecule has 2 aromatic carbocycles. The molecule has 0 bridgehead atoms. The van der Waals surface area contributed by atoms with E-state index in [1.165, 1.54) is 19.8 Å². The number of aromatic nitrogens is 2. The van der Waals surface area contributed by atoms with Gasteiger partial charge in [-0.15, -0.1) is 0 Å². The van der Waals surface area contributed by atoms with E-state index in [9.17, 15) is 13.6 Å². The fraction of sp³-hybridized carbons (Fsp3) is 0.500. The molecule has 0 amide bonds. The Morgan fingerprint density at radius 3 is 2.02 bits per heavy atom. The molecule has 0 unspecified atom stereocenters. The highest BCUT2D eigenvalue weighted by molar-refractivity contribution is 5.81. The molecule has 0 spiro atoms. The van der Waals surface area contributed by atoms with Crippen molar-refractivity contribution in [2.24, 2.45) is 0 Å². The molecule has 2 atom stereocenters. The monoisotopic (exact) mass is 566 g/mol. The third-order valence-corrected chi connectivity index (χ3v) is 7.16. The van der Waals surface area contributed by atoms with Crippen molar-refractivity contribution in [1.82, 2.24) is 9.97 Å². The van der Waals surface area contributed by atoms with E-state index in [0.717, 1.165) is 48.8 Å². The van der Waals surface area contributed by atoms with Crippen molar-refractivity contribution in [1.29, 1.82) is 0 Å². The maximum absolute atomic E-state index is 14.9. The molecule has 0 saturated heterocycles. The van der Waals surface area contributed by atoms with Gasteiger partial charge >= 0.3 is 5.97 Å². The van der Waals surface area contributed by atoms with Crippen LogP contribution in [0.3, 0.4) is 0 Å². The summed E-state index contributed by atoms with van der Waals surface area (Å²) in [7, 11) is 0. The van der Waals surface area contributed by atoms with Crippen molar-refractivity contribution in [3.05, 3.63) is 60.9 Å². The third-order valence-electron chi connectivity index (χ3n) is 7.16. The number of unbranched alkanes of at least 4 members (excludes halogenated alkanes) is 6. The standard InChI is InChI=1S/C34H44F2N2O3/c1-4-6-8-9-10-11-22-34(3,36)33(39)41-31-19-13-26(14-20-31)28-24-37-32(38-25-28)27-15-17-30(18-16-27)40-23-21-29(35)12-7-5-2/h13-20,24-25,29H,4-12,21-23H2,1-3H3/t29-,34-/m0/s1. The van der Waals surface area contributed by atoms with Crippen LogP contribution in [0.25, 0.3) is 22.5 Å². The zero-order valence-corrected chi connectivity index (χ0v) is 24.7. The Kier molecular flexibility index (Phi) is 13.2. The summed E-state index contributed by atoms with van der Waals surface area (Å²) in [6.45, 7) is 5.86. The van der Waals surface area contributed by atoms with Crippen LogP contribution in [0.4, 0.5) is 8.78 Å². The second kappa shape index (κ2) is 16.8. The van der Waals surface area contributed by atoms with Crippen LogP contribution in [0, 0.1) is 0 Å². The topological polar surface area (TPSA) is 61.3 Å². The van der Waals surface area contributed by atoms with Crippen LogP contribution in [0.15, 0.2) is 60.9 Å². The number of alkyl halides is 2. The third kappa shape index (κ3) is 10.9. The van der Waals surface area contributed by atoms with Gasteiger partial charge in [-0.2, -0.15) is 0 Å². The summed E-state index contributed by atoms with van der Waals surface area (Å²) in [6.07, 6.45) is 11.8. The van der Waals surface area contributed by atoms with E-state index in [4.69, 9.17) is 9.47 Å². The minimum atomic E-state index is -2.01. The first kappa shape index (κ1) is 32.2. The fourth-order valence-corrected chi connectivity index (χ4v) is 4.47. The maximum Gasteiger partial charge on any atom is 0.348 e. The molecule has 5 nitrogen and oxygen atoms in total.